The average molecular weight is 394 g/mol. The molecule has 0 aliphatic carbocycles. The number of benzene rings is 2. The van der Waals surface area contributed by atoms with E-state index >= 15 is 0 Å². The monoisotopic (exact) mass is 394 g/mol. The molecule has 1 aliphatic rings. The lowest BCUT2D eigenvalue weighted by molar-refractivity contribution is -0.132. The molecule has 4 rings (SSSR count). The SMILES string of the molecule is N[C@@H](CC(=O)N1CCC[C@@H]1c1nc(-c2ccccc2)no1)Cc1ccccc1F. The predicted molar refractivity (Wildman–Crippen MR) is 106 cm³/mol. The minimum atomic E-state index is -0.455. The van der Waals surface area contributed by atoms with Crippen LogP contribution in [0.5, 0.6) is 0 Å². The Morgan fingerprint density at radius 2 is 1.97 bits per heavy atom. The summed E-state index contributed by atoms with van der Waals surface area (Å²) in [6, 6.07) is 15.4. The molecule has 29 heavy (non-hydrogen) atoms. The van der Waals surface area contributed by atoms with Gasteiger partial charge in [-0.2, -0.15) is 4.98 Å². The maximum Gasteiger partial charge on any atom is 0.249 e. The molecule has 1 amide bonds. The highest BCUT2D eigenvalue weighted by Gasteiger charge is 2.34. The number of nitrogens with zero attached hydrogens (tertiary/aromatic N) is 3. The van der Waals surface area contributed by atoms with Gasteiger partial charge in [-0.15, -0.1) is 0 Å². The fourth-order valence-electron chi connectivity index (χ4n) is 3.76. The first kappa shape index (κ1) is 19.3. The van der Waals surface area contributed by atoms with Crippen molar-refractivity contribution in [1.29, 1.82) is 0 Å². The number of carbonyl (C=O) groups excluding carboxylic acids is 1. The van der Waals surface area contributed by atoms with Crippen LogP contribution in [0, 0.1) is 5.82 Å². The van der Waals surface area contributed by atoms with Gasteiger partial charge in [-0.25, -0.2) is 4.39 Å². The lowest BCUT2D eigenvalue weighted by Gasteiger charge is -2.23. The van der Waals surface area contributed by atoms with Gasteiger partial charge in [0.25, 0.3) is 0 Å². The smallest absolute Gasteiger partial charge is 0.249 e. The van der Waals surface area contributed by atoms with Crippen LogP contribution in [0.4, 0.5) is 4.39 Å². The predicted octanol–water partition coefficient (Wildman–Crippen LogP) is 3.50. The molecule has 1 saturated heterocycles. The van der Waals surface area contributed by atoms with E-state index in [9.17, 15) is 9.18 Å². The molecule has 2 heterocycles. The highest BCUT2D eigenvalue weighted by atomic mass is 19.1. The standard InChI is InChI=1S/C22H23FN4O2/c23-18-10-5-4-9-16(18)13-17(24)14-20(28)27-12-6-11-19(27)22-25-21(26-29-22)15-7-2-1-3-8-15/h1-5,7-10,17,19H,6,11-14,24H2/t17-,19-/m1/s1. The van der Waals surface area contributed by atoms with Crippen molar-refractivity contribution in [1.82, 2.24) is 15.0 Å². The summed E-state index contributed by atoms with van der Waals surface area (Å²) in [5.74, 6) is 0.582. The Bertz CT molecular complexity index is 976. The van der Waals surface area contributed by atoms with E-state index in [4.69, 9.17) is 10.3 Å². The van der Waals surface area contributed by atoms with Gasteiger partial charge in [0, 0.05) is 24.6 Å². The van der Waals surface area contributed by atoms with Crippen LogP contribution in [0.25, 0.3) is 11.4 Å². The van der Waals surface area contributed by atoms with E-state index in [2.05, 4.69) is 10.1 Å². The van der Waals surface area contributed by atoms with Crippen molar-refractivity contribution in [3.63, 3.8) is 0 Å². The molecule has 150 valence electrons. The minimum Gasteiger partial charge on any atom is -0.337 e. The van der Waals surface area contributed by atoms with Crippen molar-refractivity contribution >= 4 is 5.91 Å². The fraction of sp³-hybridized carbons (Fsp3) is 0.318. The van der Waals surface area contributed by atoms with Crippen LogP contribution in [-0.2, 0) is 11.2 Å². The number of hydrogen-bond acceptors (Lipinski definition) is 5. The molecule has 1 aromatic heterocycles. The van der Waals surface area contributed by atoms with Gasteiger partial charge in [0.05, 0.1) is 0 Å². The molecule has 6 nitrogen and oxygen atoms in total. The Labute approximate surface area is 168 Å². The number of halogens is 1. The summed E-state index contributed by atoms with van der Waals surface area (Å²) in [6.07, 6.45) is 2.09. The second kappa shape index (κ2) is 8.53. The zero-order valence-electron chi connectivity index (χ0n) is 16.0. The van der Waals surface area contributed by atoms with Gasteiger partial charge >= 0.3 is 0 Å². The summed E-state index contributed by atoms with van der Waals surface area (Å²) in [6.45, 7) is 0.624. The van der Waals surface area contributed by atoms with Crippen molar-refractivity contribution in [2.75, 3.05) is 6.54 Å². The van der Waals surface area contributed by atoms with Crippen LogP contribution in [0.1, 0.15) is 36.8 Å². The van der Waals surface area contributed by atoms with Crippen LogP contribution >= 0.6 is 0 Å². The first-order chi connectivity index (χ1) is 14.1. The maximum absolute atomic E-state index is 13.8. The first-order valence-electron chi connectivity index (χ1n) is 9.79. The lowest BCUT2D eigenvalue weighted by Crippen LogP contribution is -2.36. The van der Waals surface area contributed by atoms with E-state index in [1.165, 1.54) is 6.07 Å². The Morgan fingerprint density at radius 1 is 1.21 bits per heavy atom. The summed E-state index contributed by atoms with van der Waals surface area (Å²) in [4.78, 5) is 19.1. The topological polar surface area (TPSA) is 85.3 Å². The van der Waals surface area contributed by atoms with E-state index in [-0.39, 0.29) is 24.2 Å². The molecule has 1 fully saturated rings. The lowest BCUT2D eigenvalue weighted by atomic mass is 10.0. The number of nitrogens with two attached hydrogens (primary N) is 1. The number of likely N-dealkylation sites (tertiary alicyclic amines) is 1. The second-order valence-corrected chi connectivity index (χ2v) is 7.33. The number of aromatic nitrogens is 2. The molecule has 7 heteroatoms. The van der Waals surface area contributed by atoms with Crippen molar-refractivity contribution in [2.24, 2.45) is 5.73 Å². The van der Waals surface area contributed by atoms with Crippen molar-refractivity contribution in [3.05, 3.63) is 71.9 Å². The molecule has 0 unspecified atom stereocenters. The number of amides is 1. The fourth-order valence-corrected chi connectivity index (χ4v) is 3.76. The van der Waals surface area contributed by atoms with E-state index < -0.39 is 6.04 Å². The van der Waals surface area contributed by atoms with E-state index in [1.807, 2.05) is 30.3 Å². The Hall–Kier alpha value is -3.06. The van der Waals surface area contributed by atoms with E-state index in [1.54, 1.807) is 23.1 Å². The van der Waals surface area contributed by atoms with E-state index in [0.717, 1.165) is 18.4 Å². The second-order valence-electron chi connectivity index (χ2n) is 7.33. The molecule has 2 N–H and O–H groups in total. The summed E-state index contributed by atoms with van der Waals surface area (Å²) in [7, 11) is 0. The van der Waals surface area contributed by atoms with Crippen LogP contribution in [0.3, 0.4) is 0 Å². The molecule has 2 aromatic carbocycles. The van der Waals surface area contributed by atoms with E-state index in [0.29, 0.717) is 30.2 Å². The van der Waals surface area contributed by atoms with Crippen LogP contribution in [0.15, 0.2) is 59.1 Å². The van der Waals surface area contributed by atoms with Gasteiger partial charge in [0.15, 0.2) is 0 Å². The third-order valence-corrected chi connectivity index (χ3v) is 5.21. The zero-order valence-corrected chi connectivity index (χ0v) is 16.0. The molecule has 2 atom stereocenters. The summed E-state index contributed by atoms with van der Waals surface area (Å²) < 4.78 is 19.3. The summed E-state index contributed by atoms with van der Waals surface area (Å²) in [5.41, 5.74) is 7.53. The third kappa shape index (κ3) is 4.35. The number of rotatable bonds is 6. The van der Waals surface area contributed by atoms with Crippen molar-refractivity contribution < 1.29 is 13.7 Å². The quantitative estimate of drug-likeness (QED) is 0.692. The normalized spacial score (nSPS) is 17.4. The van der Waals surface area contributed by atoms with Gasteiger partial charge < -0.3 is 15.2 Å². The third-order valence-electron chi connectivity index (χ3n) is 5.21. The van der Waals surface area contributed by atoms with Gasteiger partial charge in [-0.3, -0.25) is 4.79 Å². The Kier molecular flexibility index (Phi) is 5.67. The Balaban J connectivity index is 1.42. The molecule has 0 spiro atoms. The maximum atomic E-state index is 13.8. The molecular weight excluding hydrogens is 371 g/mol. The molecular formula is C22H23FN4O2. The van der Waals surface area contributed by atoms with Crippen LogP contribution in [0.2, 0.25) is 0 Å². The highest BCUT2D eigenvalue weighted by Crippen LogP contribution is 2.32. The first-order valence-corrected chi connectivity index (χ1v) is 9.79. The van der Waals surface area contributed by atoms with Crippen molar-refractivity contribution in [3.8, 4) is 11.4 Å². The summed E-state index contributed by atoms with van der Waals surface area (Å²) >= 11 is 0. The van der Waals surface area contributed by atoms with Gasteiger partial charge in [0.2, 0.25) is 17.6 Å². The van der Waals surface area contributed by atoms with Crippen molar-refractivity contribution in [2.45, 2.75) is 37.8 Å². The molecule has 1 aliphatic heterocycles. The van der Waals surface area contributed by atoms with Crippen LogP contribution < -0.4 is 5.73 Å². The van der Waals surface area contributed by atoms with Gasteiger partial charge in [-0.05, 0) is 30.9 Å². The number of carbonyl (C=O) groups is 1. The molecule has 3 aromatic rings. The summed E-state index contributed by atoms with van der Waals surface area (Å²) in [5, 5.41) is 4.06. The Morgan fingerprint density at radius 3 is 2.76 bits per heavy atom. The minimum absolute atomic E-state index is 0.0733. The highest BCUT2D eigenvalue weighted by molar-refractivity contribution is 5.77. The molecule has 0 bridgehead atoms. The van der Waals surface area contributed by atoms with Gasteiger partial charge in [-0.1, -0.05) is 53.7 Å². The zero-order chi connectivity index (χ0) is 20.2. The van der Waals surface area contributed by atoms with Gasteiger partial charge in [0.1, 0.15) is 11.9 Å². The average Bonchev–Trinajstić information content (AvgIpc) is 3.40. The van der Waals surface area contributed by atoms with Crippen LogP contribution in [-0.4, -0.2) is 33.5 Å². The molecule has 0 radical (unpaired) electrons. The molecule has 0 saturated carbocycles. The largest absolute Gasteiger partial charge is 0.337 e. The number of hydrogen-bond donors (Lipinski definition) is 1.